The maximum Gasteiger partial charge on any atom is 0.230 e. The van der Waals surface area contributed by atoms with Gasteiger partial charge in [-0.15, -0.1) is 0 Å². The van der Waals surface area contributed by atoms with E-state index in [1.165, 1.54) is 0 Å². The Morgan fingerprint density at radius 3 is 2.59 bits per heavy atom. The molecule has 1 heterocycles. The van der Waals surface area contributed by atoms with Crippen molar-refractivity contribution < 1.29 is 9.53 Å². The van der Waals surface area contributed by atoms with Crippen LogP contribution in [0.5, 0.6) is 11.6 Å². The highest BCUT2D eigenvalue weighted by Crippen LogP contribution is 2.25. The lowest BCUT2D eigenvalue weighted by atomic mass is 10.1. The van der Waals surface area contributed by atoms with Crippen molar-refractivity contribution >= 4 is 17.4 Å². The number of rotatable bonds is 6. The Kier molecular flexibility index (Phi) is 5.61. The van der Waals surface area contributed by atoms with Crippen LogP contribution in [0.2, 0.25) is 0 Å². The minimum atomic E-state index is -0.0497. The van der Waals surface area contributed by atoms with Crippen LogP contribution in [0.1, 0.15) is 29.8 Å². The summed E-state index contributed by atoms with van der Waals surface area (Å²) in [7, 11) is 0. The standard InChI is InChI=1S/C22H21N3O2/c1-15(2)12-20(26)17-8-7-11-19(13-17)27-21-16(3)14-23-22(25-21)24-18-9-5-4-6-10-18/h4-14H,1-3H3,(H,23,24,25). The van der Waals surface area contributed by atoms with Gasteiger partial charge in [0.1, 0.15) is 5.75 Å². The first kappa shape index (κ1) is 18.3. The number of allylic oxidation sites excluding steroid dienone is 2. The Bertz CT molecular complexity index is 978. The quantitative estimate of drug-likeness (QED) is 0.467. The number of carbonyl (C=O) groups excluding carboxylic acids is 1. The number of aromatic nitrogens is 2. The zero-order valence-corrected chi connectivity index (χ0v) is 15.6. The Morgan fingerprint density at radius 2 is 1.85 bits per heavy atom. The van der Waals surface area contributed by atoms with E-state index in [9.17, 15) is 4.79 Å². The molecule has 0 fully saturated rings. The molecule has 2 aromatic carbocycles. The van der Waals surface area contributed by atoms with Gasteiger partial charge in [-0.1, -0.05) is 35.9 Å². The molecule has 5 nitrogen and oxygen atoms in total. The molecule has 0 unspecified atom stereocenters. The molecule has 0 bridgehead atoms. The van der Waals surface area contributed by atoms with E-state index in [2.05, 4.69) is 15.3 Å². The van der Waals surface area contributed by atoms with Crippen molar-refractivity contribution in [1.29, 1.82) is 0 Å². The first-order valence-corrected chi connectivity index (χ1v) is 8.64. The fourth-order valence-corrected chi connectivity index (χ4v) is 2.41. The Balaban J connectivity index is 1.82. The van der Waals surface area contributed by atoms with E-state index in [-0.39, 0.29) is 5.78 Å². The molecular formula is C22H21N3O2. The molecule has 0 amide bonds. The van der Waals surface area contributed by atoms with Crippen LogP contribution >= 0.6 is 0 Å². The van der Waals surface area contributed by atoms with Crippen LogP contribution in [0.25, 0.3) is 0 Å². The first-order valence-electron chi connectivity index (χ1n) is 8.64. The number of nitrogens with one attached hydrogen (secondary N) is 1. The minimum absolute atomic E-state index is 0.0497. The number of ketones is 1. The summed E-state index contributed by atoms with van der Waals surface area (Å²) in [5.74, 6) is 1.38. The highest BCUT2D eigenvalue weighted by Gasteiger charge is 2.09. The largest absolute Gasteiger partial charge is 0.439 e. The van der Waals surface area contributed by atoms with Crippen molar-refractivity contribution in [2.75, 3.05) is 5.32 Å². The van der Waals surface area contributed by atoms with Crippen molar-refractivity contribution in [3.63, 3.8) is 0 Å². The third-order valence-electron chi connectivity index (χ3n) is 3.71. The average molecular weight is 359 g/mol. The Labute approximate surface area is 158 Å². The molecular weight excluding hydrogens is 338 g/mol. The van der Waals surface area contributed by atoms with E-state index in [1.807, 2.05) is 51.1 Å². The lowest BCUT2D eigenvalue weighted by molar-refractivity contribution is 0.104. The highest BCUT2D eigenvalue weighted by atomic mass is 16.5. The third-order valence-corrected chi connectivity index (χ3v) is 3.71. The zero-order valence-electron chi connectivity index (χ0n) is 15.6. The highest BCUT2D eigenvalue weighted by molar-refractivity contribution is 6.05. The summed E-state index contributed by atoms with van der Waals surface area (Å²) in [4.78, 5) is 21.0. The van der Waals surface area contributed by atoms with E-state index < -0.39 is 0 Å². The van der Waals surface area contributed by atoms with Crippen LogP contribution in [0, 0.1) is 6.92 Å². The number of ether oxygens (including phenoxy) is 1. The van der Waals surface area contributed by atoms with E-state index in [0.29, 0.717) is 23.1 Å². The summed E-state index contributed by atoms with van der Waals surface area (Å²) in [6.45, 7) is 5.66. The van der Waals surface area contributed by atoms with Crippen molar-refractivity contribution in [2.24, 2.45) is 0 Å². The predicted molar refractivity (Wildman–Crippen MR) is 107 cm³/mol. The van der Waals surface area contributed by atoms with Crippen molar-refractivity contribution in [3.05, 3.63) is 83.6 Å². The Hall–Kier alpha value is -3.47. The third kappa shape index (κ3) is 5.01. The number of carbonyl (C=O) groups is 1. The number of para-hydroxylation sites is 1. The SMILES string of the molecule is CC(C)=CC(=O)c1cccc(Oc2nc(Nc3ccccc3)ncc2C)c1. The number of anilines is 2. The van der Waals surface area contributed by atoms with Crippen molar-refractivity contribution in [3.8, 4) is 11.6 Å². The molecule has 136 valence electrons. The minimum Gasteiger partial charge on any atom is -0.439 e. The molecule has 0 saturated carbocycles. The summed E-state index contributed by atoms with van der Waals surface area (Å²) in [6.07, 6.45) is 3.31. The maximum absolute atomic E-state index is 12.2. The number of nitrogens with zero attached hydrogens (tertiary/aromatic N) is 2. The predicted octanol–water partition coefficient (Wildman–Crippen LogP) is 5.47. The van der Waals surface area contributed by atoms with Gasteiger partial charge in [0.25, 0.3) is 0 Å². The second-order valence-corrected chi connectivity index (χ2v) is 6.39. The fraction of sp³-hybridized carbons (Fsp3) is 0.136. The van der Waals surface area contributed by atoms with Gasteiger partial charge < -0.3 is 10.1 Å². The normalized spacial score (nSPS) is 10.2. The number of hydrogen-bond acceptors (Lipinski definition) is 5. The number of aryl methyl sites for hydroxylation is 1. The smallest absolute Gasteiger partial charge is 0.230 e. The molecule has 0 aliphatic rings. The topological polar surface area (TPSA) is 64.1 Å². The second-order valence-electron chi connectivity index (χ2n) is 6.39. The Morgan fingerprint density at radius 1 is 1.07 bits per heavy atom. The molecule has 0 aliphatic heterocycles. The van der Waals surface area contributed by atoms with Gasteiger partial charge in [0.2, 0.25) is 11.8 Å². The maximum atomic E-state index is 12.2. The van der Waals surface area contributed by atoms with Gasteiger partial charge in [-0.05, 0) is 51.1 Å². The van der Waals surface area contributed by atoms with Crippen LogP contribution in [0.3, 0.4) is 0 Å². The van der Waals surface area contributed by atoms with E-state index in [0.717, 1.165) is 16.8 Å². The van der Waals surface area contributed by atoms with Crippen LogP contribution in [-0.2, 0) is 0 Å². The van der Waals surface area contributed by atoms with Gasteiger partial charge in [-0.25, -0.2) is 4.98 Å². The molecule has 3 rings (SSSR count). The molecule has 0 saturated heterocycles. The van der Waals surface area contributed by atoms with E-state index >= 15 is 0 Å². The molecule has 1 aromatic heterocycles. The lowest BCUT2D eigenvalue weighted by Crippen LogP contribution is -2.01. The van der Waals surface area contributed by atoms with Crippen molar-refractivity contribution in [1.82, 2.24) is 9.97 Å². The molecule has 5 heteroatoms. The molecule has 0 aliphatic carbocycles. The van der Waals surface area contributed by atoms with Crippen molar-refractivity contribution in [2.45, 2.75) is 20.8 Å². The molecule has 0 atom stereocenters. The van der Waals surface area contributed by atoms with Crippen LogP contribution in [0.4, 0.5) is 11.6 Å². The monoisotopic (exact) mass is 359 g/mol. The number of hydrogen-bond donors (Lipinski definition) is 1. The lowest BCUT2D eigenvalue weighted by Gasteiger charge is -2.10. The summed E-state index contributed by atoms with van der Waals surface area (Å²) in [5.41, 5.74) is 3.22. The fourth-order valence-electron chi connectivity index (χ4n) is 2.41. The van der Waals surface area contributed by atoms with Gasteiger partial charge in [0.05, 0.1) is 0 Å². The summed E-state index contributed by atoms with van der Waals surface area (Å²) < 4.78 is 5.92. The van der Waals surface area contributed by atoms with E-state index in [4.69, 9.17) is 4.74 Å². The molecule has 1 N–H and O–H groups in total. The molecule has 0 radical (unpaired) electrons. The first-order chi connectivity index (χ1) is 13.0. The number of benzene rings is 2. The van der Waals surface area contributed by atoms with Gasteiger partial charge >= 0.3 is 0 Å². The van der Waals surface area contributed by atoms with Gasteiger partial charge in [-0.3, -0.25) is 4.79 Å². The van der Waals surface area contributed by atoms with E-state index in [1.54, 1.807) is 36.5 Å². The summed E-state index contributed by atoms with van der Waals surface area (Å²) in [5, 5.41) is 3.14. The van der Waals surface area contributed by atoms with Gasteiger partial charge in [-0.2, -0.15) is 4.98 Å². The molecule has 27 heavy (non-hydrogen) atoms. The molecule has 3 aromatic rings. The van der Waals surface area contributed by atoms with Gasteiger partial charge in [0, 0.05) is 23.0 Å². The van der Waals surface area contributed by atoms with Crippen LogP contribution in [-0.4, -0.2) is 15.8 Å². The molecule has 0 spiro atoms. The summed E-state index contributed by atoms with van der Waals surface area (Å²) >= 11 is 0. The van der Waals surface area contributed by atoms with Gasteiger partial charge in [0.15, 0.2) is 5.78 Å². The average Bonchev–Trinajstić information content (AvgIpc) is 2.65. The zero-order chi connectivity index (χ0) is 19.2. The van der Waals surface area contributed by atoms with Crippen LogP contribution < -0.4 is 10.1 Å². The van der Waals surface area contributed by atoms with Crippen LogP contribution in [0.15, 0.2) is 72.4 Å². The summed E-state index contributed by atoms with van der Waals surface area (Å²) in [6, 6.07) is 16.7. The second kappa shape index (κ2) is 8.27.